The molecule has 6 aromatic carbocycles. The SMILES string of the molecule is COc1ccc(-c2ccc3cc(C(=O)O)ccc3c2)cc1C12CC3CC(CC(C3)C1)C2.COc1ccc(-c2ccc3cc(C)ccc3c2)cc1C12CC3CC(CC(C3)C1)C2. The van der Waals surface area contributed by atoms with Crippen molar-refractivity contribution in [3.05, 3.63) is 131 Å². The zero-order chi connectivity index (χ0) is 40.8. The first-order valence-electron chi connectivity index (χ1n) is 22.8. The van der Waals surface area contributed by atoms with E-state index in [2.05, 4.69) is 91.9 Å². The lowest BCUT2D eigenvalue weighted by Gasteiger charge is -2.57. The van der Waals surface area contributed by atoms with Crippen LogP contribution in [0.15, 0.2) is 109 Å². The molecule has 1 N–H and O–H groups in total. The van der Waals surface area contributed by atoms with E-state index < -0.39 is 5.97 Å². The molecule has 0 unspecified atom stereocenters. The molecule has 60 heavy (non-hydrogen) atoms. The lowest BCUT2D eigenvalue weighted by atomic mass is 9.48. The number of carboxylic acid groups (broad SMARTS) is 1. The van der Waals surface area contributed by atoms with E-state index in [4.69, 9.17) is 9.47 Å². The minimum atomic E-state index is -0.888. The maximum atomic E-state index is 11.3. The second kappa shape index (κ2) is 14.5. The van der Waals surface area contributed by atoms with Gasteiger partial charge >= 0.3 is 5.97 Å². The van der Waals surface area contributed by atoms with Crippen molar-refractivity contribution in [2.24, 2.45) is 35.5 Å². The molecule has 0 atom stereocenters. The molecule has 8 saturated carbocycles. The second-order valence-electron chi connectivity index (χ2n) is 20.4. The summed E-state index contributed by atoms with van der Waals surface area (Å²) in [5.74, 6) is 6.76. The topological polar surface area (TPSA) is 55.8 Å². The molecule has 8 fully saturated rings. The van der Waals surface area contributed by atoms with Crippen LogP contribution < -0.4 is 9.47 Å². The minimum Gasteiger partial charge on any atom is -0.496 e. The van der Waals surface area contributed by atoms with Crippen LogP contribution in [-0.4, -0.2) is 25.3 Å². The Morgan fingerprint density at radius 3 is 1.23 bits per heavy atom. The lowest BCUT2D eigenvalue weighted by molar-refractivity contribution is -0.00627. The number of aryl methyl sites for hydroxylation is 1. The normalized spacial score (nSPS) is 29.4. The van der Waals surface area contributed by atoms with Crippen LogP contribution >= 0.6 is 0 Å². The summed E-state index contributed by atoms with van der Waals surface area (Å²) < 4.78 is 11.8. The van der Waals surface area contributed by atoms with Gasteiger partial charge in [0.25, 0.3) is 0 Å². The first-order valence-corrected chi connectivity index (χ1v) is 22.8. The zero-order valence-electron chi connectivity index (χ0n) is 35.5. The number of ether oxygens (including phenoxy) is 2. The van der Waals surface area contributed by atoms with E-state index in [-0.39, 0.29) is 5.41 Å². The molecule has 0 heterocycles. The predicted molar refractivity (Wildman–Crippen MR) is 243 cm³/mol. The monoisotopic (exact) mass is 794 g/mol. The van der Waals surface area contributed by atoms with Gasteiger partial charge in [0.05, 0.1) is 19.8 Å². The van der Waals surface area contributed by atoms with Crippen molar-refractivity contribution in [3.8, 4) is 33.8 Å². The van der Waals surface area contributed by atoms with Gasteiger partial charge < -0.3 is 14.6 Å². The van der Waals surface area contributed by atoms with Crippen molar-refractivity contribution in [2.45, 2.75) is 94.8 Å². The Balaban J connectivity index is 0.000000136. The number of hydrogen-bond donors (Lipinski definition) is 1. The van der Waals surface area contributed by atoms with Crippen LogP contribution in [0.4, 0.5) is 0 Å². The van der Waals surface area contributed by atoms with E-state index in [1.165, 1.54) is 127 Å². The highest BCUT2D eigenvalue weighted by Crippen LogP contribution is 2.63. The predicted octanol–water partition coefficient (Wildman–Crippen LogP) is 14.0. The van der Waals surface area contributed by atoms with Crippen LogP contribution in [0.5, 0.6) is 11.5 Å². The first-order chi connectivity index (χ1) is 29.1. The van der Waals surface area contributed by atoms with Gasteiger partial charge in [0.2, 0.25) is 0 Å². The van der Waals surface area contributed by atoms with Gasteiger partial charge in [0.15, 0.2) is 0 Å². The summed E-state index contributed by atoms with van der Waals surface area (Å²) in [7, 11) is 3.65. The summed E-state index contributed by atoms with van der Waals surface area (Å²) in [6.45, 7) is 2.16. The van der Waals surface area contributed by atoms with Crippen molar-refractivity contribution < 1.29 is 19.4 Å². The number of hydrogen-bond acceptors (Lipinski definition) is 3. The fourth-order valence-electron chi connectivity index (χ4n) is 14.6. The number of benzene rings is 6. The number of carboxylic acids is 1. The van der Waals surface area contributed by atoms with Crippen LogP contribution in [0.1, 0.15) is 104 Å². The van der Waals surface area contributed by atoms with Crippen molar-refractivity contribution >= 4 is 27.5 Å². The Labute approximate surface area is 355 Å². The molecule has 0 amide bonds. The highest BCUT2D eigenvalue weighted by atomic mass is 16.5. The zero-order valence-corrected chi connectivity index (χ0v) is 35.5. The Hall–Kier alpha value is -5.09. The molecule has 8 aliphatic carbocycles. The van der Waals surface area contributed by atoms with E-state index in [1.807, 2.05) is 19.2 Å². The van der Waals surface area contributed by atoms with Gasteiger partial charge in [0, 0.05) is 11.1 Å². The Morgan fingerprint density at radius 2 is 0.817 bits per heavy atom. The number of fused-ring (bicyclic) bond motifs is 2. The van der Waals surface area contributed by atoms with Crippen LogP contribution in [0.2, 0.25) is 0 Å². The maximum Gasteiger partial charge on any atom is 0.335 e. The van der Waals surface area contributed by atoms with Crippen LogP contribution in [0.25, 0.3) is 43.8 Å². The number of carbonyl (C=O) groups is 1. The van der Waals surface area contributed by atoms with E-state index in [9.17, 15) is 9.90 Å². The summed E-state index contributed by atoms with van der Waals surface area (Å²) in [6, 6.07) is 38.9. The van der Waals surface area contributed by atoms with Crippen molar-refractivity contribution in [2.75, 3.05) is 14.2 Å². The summed E-state index contributed by atoms with van der Waals surface area (Å²) in [6.07, 6.45) is 16.8. The molecule has 0 aromatic heterocycles. The average Bonchev–Trinajstić information content (AvgIpc) is 3.24. The molecule has 0 aliphatic heterocycles. The van der Waals surface area contributed by atoms with Gasteiger partial charge in [0.1, 0.15) is 11.5 Å². The lowest BCUT2D eigenvalue weighted by Crippen LogP contribution is -2.48. The molecule has 0 spiro atoms. The van der Waals surface area contributed by atoms with Gasteiger partial charge in [-0.15, -0.1) is 0 Å². The van der Waals surface area contributed by atoms with Crippen LogP contribution in [0, 0.1) is 42.4 Å². The fourth-order valence-corrected chi connectivity index (χ4v) is 14.6. The van der Waals surface area contributed by atoms with Crippen LogP contribution in [-0.2, 0) is 10.8 Å². The highest BCUT2D eigenvalue weighted by Gasteiger charge is 2.54. The summed E-state index contributed by atoms with van der Waals surface area (Å²) in [4.78, 5) is 11.3. The molecule has 0 saturated heterocycles. The Bertz CT molecular complexity index is 2580. The second-order valence-corrected chi connectivity index (χ2v) is 20.4. The third-order valence-electron chi connectivity index (χ3n) is 16.4. The van der Waals surface area contributed by atoms with Gasteiger partial charge in [-0.2, -0.15) is 0 Å². The minimum absolute atomic E-state index is 0.281. The summed E-state index contributed by atoms with van der Waals surface area (Å²) >= 11 is 0. The molecule has 0 radical (unpaired) electrons. The molecular weight excluding hydrogens is 737 g/mol. The van der Waals surface area contributed by atoms with E-state index >= 15 is 0 Å². The van der Waals surface area contributed by atoms with E-state index in [0.717, 1.165) is 57.8 Å². The van der Waals surface area contributed by atoms with Gasteiger partial charge in [-0.3, -0.25) is 0 Å². The van der Waals surface area contributed by atoms with Gasteiger partial charge in [-0.05, 0) is 223 Å². The number of aromatic carboxylic acids is 1. The molecule has 14 rings (SSSR count). The smallest absolute Gasteiger partial charge is 0.335 e. The fraction of sp³-hybridized carbons (Fsp3) is 0.411. The van der Waals surface area contributed by atoms with Crippen LogP contribution in [0.3, 0.4) is 0 Å². The Kier molecular flexibility index (Phi) is 9.17. The summed E-state index contributed by atoms with van der Waals surface area (Å²) in [5, 5.41) is 13.9. The first kappa shape index (κ1) is 37.9. The third kappa shape index (κ3) is 6.61. The molecule has 4 heteroatoms. The van der Waals surface area contributed by atoms with Gasteiger partial charge in [-0.25, -0.2) is 4.79 Å². The molecule has 6 aromatic rings. The van der Waals surface area contributed by atoms with Gasteiger partial charge in [-0.1, -0.05) is 66.2 Å². The molecule has 8 aliphatic rings. The number of methoxy groups -OCH3 is 2. The largest absolute Gasteiger partial charge is 0.496 e. The molecule has 306 valence electrons. The van der Waals surface area contributed by atoms with Crippen molar-refractivity contribution in [1.82, 2.24) is 0 Å². The average molecular weight is 795 g/mol. The van der Waals surface area contributed by atoms with Crippen molar-refractivity contribution in [3.63, 3.8) is 0 Å². The number of rotatable bonds is 7. The van der Waals surface area contributed by atoms with E-state index in [0.29, 0.717) is 11.0 Å². The molecule has 8 bridgehead atoms. The third-order valence-corrected chi connectivity index (χ3v) is 16.4. The highest BCUT2D eigenvalue weighted by molar-refractivity contribution is 5.96. The molecular formula is C56H58O4. The van der Waals surface area contributed by atoms with Crippen molar-refractivity contribution in [1.29, 1.82) is 0 Å². The quantitative estimate of drug-likeness (QED) is 0.175. The maximum absolute atomic E-state index is 11.3. The standard InChI is InChI=1S/C28H28O3.C28H30O/c1-31-26-7-6-23(21-2-3-22-12-24(27(29)30)5-4-20(22)11-21)13-25(26)28-14-17-8-18(15-28)10-19(9-17)16-28;1-18-3-4-23-13-24(6-5-22(23)9-18)25-7-8-27(29-2)26(14-25)28-15-19-10-20(16-28)12-21(11-19)17-28/h2-7,11-13,17-19H,8-10,14-16H2,1H3,(H,29,30);3-9,13-14,19-21H,10-12,15-17H2,1-2H3. The Morgan fingerprint density at radius 1 is 0.467 bits per heavy atom. The molecule has 4 nitrogen and oxygen atoms in total. The van der Waals surface area contributed by atoms with E-state index in [1.54, 1.807) is 19.2 Å². The summed E-state index contributed by atoms with van der Waals surface area (Å²) in [5.41, 5.74) is 10.2.